The van der Waals surface area contributed by atoms with Gasteiger partial charge in [-0.15, -0.1) is 0 Å². The van der Waals surface area contributed by atoms with Gasteiger partial charge in [-0.2, -0.15) is 0 Å². The molecule has 0 radical (unpaired) electrons. The van der Waals surface area contributed by atoms with Crippen LogP contribution in [-0.4, -0.2) is 4.57 Å². The van der Waals surface area contributed by atoms with E-state index >= 15 is 0 Å². The van der Waals surface area contributed by atoms with Crippen molar-refractivity contribution in [2.75, 3.05) is 0 Å². The van der Waals surface area contributed by atoms with Crippen molar-refractivity contribution in [3.63, 3.8) is 0 Å². The zero-order valence-corrected chi connectivity index (χ0v) is 15.5. The van der Waals surface area contributed by atoms with Crippen LogP contribution in [0.5, 0.6) is 0 Å². The van der Waals surface area contributed by atoms with Crippen molar-refractivity contribution in [2.45, 2.75) is 88.1 Å². The average Bonchev–Trinajstić information content (AvgIpc) is 3.04. The Kier molecular flexibility index (Phi) is 2.60. The van der Waals surface area contributed by atoms with Crippen molar-refractivity contribution in [3.8, 4) is 0 Å². The van der Waals surface area contributed by atoms with Crippen LogP contribution in [0, 0.1) is 41.8 Å². The Labute approximate surface area is 152 Å². The molecule has 134 valence electrons. The summed E-state index contributed by atoms with van der Waals surface area (Å²) >= 11 is 0. The first kappa shape index (κ1) is 14.3. The molecule has 9 rings (SSSR count). The standard InChI is InChI=1S/C23H32N2/c1-2-25(23-12-19-6-20(13-23)8-21(7-19)14-23)15-24(1)22-9-16-3-17(10-22)5-18(4-16)11-22/h1-2,16-21H,3-14H2. The van der Waals surface area contributed by atoms with Crippen LogP contribution in [0.2, 0.25) is 0 Å². The van der Waals surface area contributed by atoms with Gasteiger partial charge in [-0.1, -0.05) is 0 Å². The zero-order chi connectivity index (χ0) is 16.2. The molecule has 0 N–H and O–H groups in total. The molecule has 1 aromatic heterocycles. The summed E-state index contributed by atoms with van der Waals surface area (Å²) in [6.45, 7) is 0. The van der Waals surface area contributed by atoms with Gasteiger partial charge >= 0.3 is 0 Å². The summed E-state index contributed by atoms with van der Waals surface area (Å²) < 4.78 is 5.21. The van der Waals surface area contributed by atoms with Crippen molar-refractivity contribution in [2.24, 2.45) is 35.5 Å². The molecular weight excluding hydrogens is 304 g/mol. The lowest BCUT2D eigenvalue weighted by atomic mass is 9.53. The van der Waals surface area contributed by atoms with E-state index < -0.39 is 0 Å². The van der Waals surface area contributed by atoms with E-state index in [9.17, 15) is 0 Å². The predicted molar refractivity (Wildman–Crippen MR) is 95.8 cm³/mol. The third-order valence-electron chi connectivity index (χ3n) is 9.61. The Balaban J connectivity index is 1.25. The summed E-state index contributed by atoms with van der Waals surface area (Å²) in [4.78, 5) is 0. The fraction of sp³-hybridized carbons (Fsp3) is 0.870. The van der Waals surface area contributed by atoms with E-state index in [-0.39, 0.29) is 0 Å². The molecule has 2 heteroatoms. The molecule has 8 fully saturated rings. The summed E-state index contributed by atoms with van der Waals surface area (Å²) in [5.41, 5.74) is 0.893. The normalized spacial score (nSPS) is 55.2. The minimum atomic E-state index is 0.447. The fourth-order valence-electron chi connectivity index (χ4n) is 9.56. The lowest BCUT2D eigenvalue weighted by Gasteiger charge is -2.56. The third kappa shape index (κ3) is 1.90. The molecule has 1 heterocycles. The molecule has 8 aliphatic carbocycles. The number of nitrogens with zero attached hydrogens (tertiary/aromatic N) is 2. The summed E-state index contributed by atoms with van der Waals surface area (Å²) in [5, 5.41) is 0. The van der Waals surface area contributed by atoms with Crippen molar-refractivity contribution in [1.82, 2.24) is 4.57 Å². The Morgan fingerprint density at radius 3 is 1.60 bits per heavy atom. The van der Waals surface area contributed by atoms with Crippen molar-refractivity contribution in [1.29, 1.82) is 0 Å². The maximum absolute atomic E-state index is 3.96. The molecule has 1 aromatic rings. The highest BCUT2D eigenvalue weighted by molar-refractivity contribution is 5.06. The van der Waals surface area contributed by atoms with Gasteiger partial charge in [0.25, 0.3) is 0 Å². The smallest absolute Gasteiger partial charge is 0.204 e. The van der Waals surface area contributed by atoms with Gasteiger partial charge in [-0.05, 0) is 125 Å². The molecule has 0 aromatic carbocycles. The van der Waals surface area contributed by atoms with Crippen LogP contribution in [-0.2, 0) is 11.1 Å². The Morgan fingerprint density at radius 2 is 1.12 bits per heavy atom. The molecule has 0 spiro atoms. The Morgan fingerprint density at radius 1 is 0.680 bits per heavy atom. The number of imidazole rings is 1. The van der Waals surface area contributed by atoms with Crippen molar-refractivity contribution < 1.29 is 4.57 Å². The van der Waals surface area contributed by atoms with Gasteiger partial charge in [0, 0.05) is 0 Å². The summed E-state index contributed by atoms with van der Waals surface area (Å²) in [6, 6.07) is 0. The molecule has 0 aliphatic heterocycles. The highest BCUT2D eigenvalue weighted by Crippen LogP contribution is 2.59. The predicted octanol–water partition coefficient (Wildman–Crippen LogP) is 4.43. The van der Waals surface area contributed by atoms with Crippen LogP contribution in [0.25, 0.3) is 0 Å². The van der Waals surface area contributed by atoms with Crippen LogP contribution in [0.3, 0.4) is 0 Å². The fourth-order valence-corrected chi connectivity index (χ4v) is 9.56. The molecular formula is C23H32N2. The summed E-state index contributed by atoms with van der Waals surface area (Å²) in [7, 11) is 0. The van der Waals surface area contributed by atoms with Crippen LogP contribution in [0.15, 0.2) is 12.4 Å². The molecule has 0 atom stereocenters. The van der Waals surface area contributed by atoms with Crippen LogP contribution in [0.4, 0.5) is 0 Å². The minimum absolute atomic E-state index is 0.447. The Hall–Kier alpha value is -0.790. The molecule has 8 bridgehead atoms. The molecule has 25 heavy (non-hydrogen) atoms. The first-order valence-corrected chi connectivity index (χ1v) is 11.2. The monoisotopic (exact) mass is 336 g/mol. The molecule has 8 aliphatic rings. The molecule has 0 amide bonds. The van der Waals surface area contributed by atoms with Gasteiger partial charge in [0.15, 0.2) is 0 Å². The average molecular weight is 337 g/mol. The second-order valence-corrected chi connectivity index (χ2v) is 11.4. The molecule has 0 saturated heterocycles. The molecule has 8 saturated carbocycles. The number of hydrogen-bond donors (Lipinski definition) is 0. The number of rotatable bonds is 2. The van der Waals surface area contributed by atoms with E-state index in [0.29, 0.717) is 11.1 Å². The van der Waals surface area contributed by atoms with E-state index in [0.717, 1.165) is 35.5 Å². The maximum atomic E-state index is 3.96. The van der Waals surface area contributed by atoms with Gasteiger partial charge in [0.05, 0.1) is 11.1 Å². The van der Waals surface area contributed by atoms with Gasteiger partial charge in [0.2, 0.25) is 6.33 Å². The zero-order valence-electron chi connectivity index (χ0n) is 15.5. The largest absolute Gasteiger partial charge is 0.346 e. The lowest BCUT2D eigenvalue weighted by Crippen LogP contribution is -2.64. The van der Waals surface area contributed by atoms with Gasteiger partial charge in [0.1, 0.15) is 0 Å². The summed E-state index contributed by atoms with van der Waals surface area (Å²) in [5.74, 6) is 6.14. The van der Waals surface area contributed by atoms with E-state index in [1.54, 1.807) is 0 Å². The second-order valence-electron chi connectivity index (χ2n) is 11.4. The van der Waals surface area contributed by atoms with Crippen molar-refractivity contribution >= 4 is 0 Å². The van der Waals surface area contributed by atoms with E-state index in [2.05, 4.69) is 27.9 Å². The van der Waals surface area contributed by atoms with Gasteiger partial charge in [-0.25, -0.2) is 0 Å². The SMILES string of the molecule is [c-]1n(C23CC4CC(CC(C4)C2)C3)cc[n+]1C12CC3CC(CC(C3)C1)C2. The highest BCUT2D eigenvalue weighted by atomic mass is 15.2. The first-order valence-electron chi connectivity index (χ1n) is 11.2. The highest BCUT2D eigenvalue weighted by Gasteiger charge is 2.55. The van der Waals surface area contributed by atoms with Crippen LogP contribution < -0.4 is 4.57 Å². The van der Waals surface area contributed by atoms with Crippen LogP contribution in [0.1, 0.15) is 77.0 Å². The van der Waals surface area contributed by atoms with Crippen LogP contribution >= 0.6 is 0 Å². The number of hydrogen-bond acceptors (Lipinski definition) is 0. The minimum Gasteiger partial charge on any atom is -0.346 e. The first-order chi connectivity index (χ1) is 12.2. The van der Waals surface area contributed by atoms with E-state index in [4.69, 9.17) is 0 Å². The number of aromatic nitrogens is 2. The Bertz CT molecular complexity index is 584. The van der Waals surface area contributed by atoms with Gasteiger partial charge < -0.3 is 9.13 Å². The van der Waals surface area contributed by atoms with Gasteiger partial charge in [-0.3, -0.25) is 0 Å². The quantitative estimate of drug-likeness (QED) is 0.558. The van der Waals surface area contributed by atoms with Crippen molar-refractivity contribution in [3.05, 3.63) is 18.7 Å². The molecule has 2 nitrogen and oxygen atoms in total. The maximum Gasteiger partial charge on any atom is 0.204 e. The second kappa shape index (κ2) is 4.54. The van der Waals surface area contributed by atoms with E-state index in [1.165, 1.54) is 77.0 Å². The topological polar surface area (TPSA) is 8.81 Å². The molecule has 0 unspecified atom stereocenters. The lowest BCUT2D eigenvalue weighted by molar-refractivity contribution is -0.780. The summed E-state index contributed by atoms with van der Waals surface area (Å²) in [6.07, 6.45) is 26.8. The third-order valence-corrected chi connectivity index (χ3v) is 9.61. The van der Waals surface area contributed by atoms with E-state index in [1.807, 2.05) is 0 Å².